The minimum Gasteiger partial charge on any atom is -0.501 e. The summed E-state index contributed by atoms with van der Waals surface area (Å²) < 4.78 is 5.36. The Morgan fingerprint density at radius 1 is 1.33 bits per heavy atom. The number of benzene rings is 1. The summed E-state index contributed by atoms with van der Waals surface area (Å²) in [6, 6.07) is 9.92. The molecule has 4 nitrogen and oxygen atoms in total. The van der Waals surface area contributed by atoms with Gasteiger partial charge in [-0.15, -0.1) is 34.5 Å². The highest BCUT2D eigenvalue weighted by Gasteiger charge is 2.24. The summed E-state index contributed by atoms with van der Waals surface area (Å²) >= 11 is 13.4. The van der Waals surface area contributed by atoms with E-state index in [1.54, 1.807) is 36.6 Å². The molecular formula is C20H24Cl2N2O2S. The first kappa shape index (κ1) is 21.7. The van der Waals surface area contributed by atoms with E-state index in [9.17, 15) is 4.79 Å². The topological polar surface area (TPSA) is 42.4 Å². The summed E-state index contributed by atoms with van der Waals surface area (Å²) in [5.41, 5.74) is 1.15. The van der Waals surface area contributed by atoms with Crippen molar-refractivity contribution < 1.29 is 9.53 Å². The molecule has 0 aliphatic carbocycles. The standard InChI is InChI=1S/C20H24Cl2N2O2S/c1-14(19(21)22)11-16(26-3)13-18(25)24(2)17(20-23-9-10-27-20)12-15-7-5-4-6-8-15/h4-10,13-14,17,19H,11-12H2,1-3H3/b16-13+. The molecule has 0 aliphatic rings. The Morgan fingerprint density at radius 2 is 2.04 bits per heavy atom. The highest BCUT2D eigenvalue weighted by molar-refractivity contribution is 7.09. The number of thiazole rings is 1. The maximum absolute atomic E-state index is 12.9. The lowest BCUT2D eigenvalue weighted by atomic mass is 10.0. The Balaban J connectivity index is 2.19. The molecule has 2 unspecified atom stereocenters. The normalized spacial score (nSPS) is 14.1. The van der Waals surface area contributed by atoms with Crippen molar-refractivity contribution in [2.75, 3.05) is 14.2 Å². The fourth-order valence-corrected chi connectivity index (χ4v) is 3.59. The number of allylic oxidation sites excluding steroid dienone is 1. The van der Waals surface area contributed by atoms with Crippen molar-refractivity contribution in [3.63, 3.8) is 0 Å². The van der Waals surface area contributed by atoms with Crippen LogP contribution in [0, 0.1) is 5.92 Å². The molecule has 0 radical (unpaired) electrons. The average Bonchev–Trinajstić information content (AvgIpc) is 3.20. The number of ether oxygens (including phenoxy) is 1. The number of aromatic nitrogens is 1. The van der Waals surface area contributed by atoms with Gasteiger partial charge in [-0.3, -0.25) is 4.79 Å². The molecular weight excluding hydrogens is 403 g/mol. The van der Waals surface area contributed by atoms with Gasteiger partial charge in [0.2, 0.25) is 5.91 Å². The smallest absolute Gasteiger partial charge is 0.250 e. The molecule has 146 valence electrons. The van der Waals surface area contributed by atoms with Crippen molar-refractivity contribution in [3.05, 3.63) is 64.3 Å². The molecule has 1 heterocycles. The molecule has 2 aromatic rings. The SMILES string of the molecule is CO/C(=C/C(=O)N(C)C(Cc1ccccc1)c1nccs1)CC(C)C(Cl)Cl. The quantitative estimate of drug-likeness (QED) is 0.312. The second-order valence-corrected chi connectivity index (χ2v) is 8.45. The average molecular weight is 427 g/mol. The number of halogens is 2. The number of amides is 1. The van der Waals surface area contributed by atoms with Crippen molar-refractivity contribution in [3.8, 4) is 0 Å². The van der Waals surface area contributed by atoms with Gasteiger partial charge in [-0.2, -0.15) is 0 Å². The van der Waals surface area contributed by atoms with Gasteiger partial charge in [-0.05, 0) is 17.9 Å². The van der Waals surface area contributed by atoms with Gasteiger partial charge < -0.3 is 9.64 Å². The number of carbonyl (C=O) groups is 1. The van der Waals surface area contributed by atoms with Crippen LogP contribution in [0.25, 0.3) is 0 Å². The van der Waals surface area contributed by atoms with Gasteiger partial charge in [0.05, 0.1) is 13.2 Å². The molecule has 1 aromatic heterocycles. The molecule has 0 spiro atoms. The van der Waals surface area contributed by atoms with Crippen LogP contribution >= 0.6 is 34.5 Å². The molecule has 0 N–H and O–H groups in total. The molecule has 0 fully saturated rings. The van der Waals surface area contributed by atoms with E-state index >= 15 is 0 Å². The summed E-state index contributed by atoms with van der Waals surface area (Å²) in [4.78, 5) is 18.5. The minimum absolute atomic E-state index is 0.0169. The number of carbonyl (C=O) groups excluding carboxylic acids is 1. The Labute approximate surface area is 174 Å². The van der Waals surface area contributed by atoms with E-state index in [4.69, 9.17) is 27.9 Å². The molecule has 0 saturated carbocycles. The van der Waals surface area contributed by atoms with Crippen molar-refractivity contribution in [1.82, 2.24) is 9.88 Å². The molecule has 1 aromatic carbocycles. The van der Waals surface area contributed by atoms with Gasteiger partial charge in [-0.1, -0.05) is 37.3 Å². The maximum atomic E-state index is 12.9. The highest BCUT2D eigenvalue weighted by atomic mass is 35.5. The fourth-order valence-electron chi connectivity index (χ4n) is 2.63. The lowest BCUT2D eigenvalue weighted by molar-refractivity contribution is -0.127. The maximum Gasteiger partial charge on any atom is 0.250 e. The number of nitrogens with zero attached hydrogens (tertiary/aromatic N) is 2. The largest absolute Gasteiger partial charge is 0.501 e. The molecule has 2 atom stereocenters. The lowest BCUT2D eigenvalue weighted by Crippen LogP contribution is -2.31. The van der Waals surface area contributed by atoms with E-state index in [0.717, 1.165) is 10.6 Å². The number of hydrogen-bond donors (Lipinski definition) is 0. The van der Waals surface area contributed by atoms with Gasteiger partial charge >= 0.3 is 0 Å². The first-order valence-electron chi connectivity index (χ1n) is 8.65. The zero-order chi connectivity index (χ0) is 19.8. The summed E-state index contributed by atoms with van der Waals surface area (Å²) in [7, 11) is 3.34. The third-order valence-electron chi connectivity index (χ3n) is 4.32. The van der Waals surface area contributed by atoms with Gasteiger partial charge in [-0.25, -0.2) is 4.98 Å². The Hall–Kier alpha value is -1.56. The fraction of sp³-hybridized carbons (Fsp3) is 0.400. The molecule has 0 bridgehead atoms. The molecule has 1 amide bonds. The van der Waals surface area contributed by atoms with Crippen LogP contribution in [0.3, 0.4) is 0 Å². The minimum atomic E-state index is -0.516. The molecule has 2 rings (SSSR count). The number of likely N-dealkylation sites (N-methyl/N-ethyl adjacent to an activating group) is 1. The van der Waals surface area contributed by atoms with Crippen LogP contribution < -0.4 is 0 Å². The monoisotopic (exact) mass is 426 g/mol. The van der Waals surface area contributed by atoms with Crippen molar-refractivity contribution in [1.29, 1.82) is 0 Å². The Morgan fingerprint density at radius 3 is 2.59 bits per heavy atom. The van der Waals surface area contributed by atoms with Crippen LogP contribution in [0.5, 0.6) is 0 Å². The van der Waals surface area contributed by atoms with Gasteiger partial charge in [0.1, 0.15) is 15.6 Å². The van der Waals surface area contributed by atoms with E-state index in [1.807, 2.05) is 30.5 Å². The van der Waals surface area contributed by atoms with E-state index in [2.05, 4.69) is 17.1 Å². The predicted molar refractivity (Wildman–Crippen MR) is 112 cm³/mol. The van der Waals surface area contributed by atoms with E-state index in [0.29, 0.717) is 18.6 Å². The molecule has 7 heteroatoms. The lowest BCUT2D eigenvalue weighted by Gasteiger charge is -2.26. The van der Waals surface area contributed by atoms with Gasteiger partial charge in [0, 0.05) is 31.1 Å². The van der Waals surface area contributed by atoms with E-state index < -0.39 is 4.84 Å². The second-order valence-electron chi connectivity index (χ2n) is 6.36. The predicted octanol–water partition coefficient (Wildman–Crippen LogP) is 5.25. The first-order chi connectivity index (χ1) is 12.9. The zero-order valence-electron chi connectivity index (χ0n) is 15.6. The Bertz CT molecular complexity index is 736. The van der Waals surface area contributed by atoms with Crippen LogP contribution in [0.4, 0.5) is 0 Å². The van der Waals surface area contributed by atoms with Crippen LogP contribution in [0.2, 0.25) is 0 Å². The molecule has 0 aliphatic heterocycles. The van der Waals surface area contributed by atoms with Crippen LogP contribution in [-0.4, -0.2) is 34.8 Å². The number of alkyl halides is 2. The van der Waals surface area contributed by atoms with Crippen LogP contribution in [-0.2, 0) is 16.0 Å². The van der Waals surface area contributed by atoms with Crippen molar-refractivity contribution >= 4 is 40.4 Å². The Kier molecular flexibility index (Phi) is 8.61. The number of methoxy groups -OCH3 is 1. The highest BCUT2D eigenvalue weighted by Crippen LogP contribution is 2.27. The third kappa shape index (κ3) is 6.52. The summed E-state index contributed by atoms with van der Waals surface area (Å²) in [6.07, 6.45) is 4.46. The summed E-state index contributed by atoms with van der Waals surface area (Å²) in [6.45, 7) is 1.92. The molecule has 27 heavy (non-hydrogen) atoms. The number of rotatable bonds is 9. The van der Waals surface area contributed by atoms with Gasteiger partial charge in [0.15, 0.2) is 0 Å². The van der Waals surface area contributed by atoms with Crippen molar-refractivity contribution in [2.24, 2.45) is 5.92 Å². The summed E-state index contributed by atoms with van der Waals surface area (Å²) in [5.74, 6) is 0.399. The van der Waals surface area contributed by atoms with E-state index in [1.165, 1.54) is 6.08 Å². The van der Waals surface area contributed by atoms with Crippen LogP contribution in [0.1, 0.15) is 30.0 Å². The third-order valence-corrected chi connectivity index (χ3v) is 6.06. The van der Waals surface area contributed by atoms with E-state index in [-0.39, 0.29) is 17.9 Å². The number of hydrogen-bond acceptors (Lipinski definition) is 4. The first-order valence-corrected chi connectivity index (χ1v) is 10.4. The van der Waals surface area contributed by atoms with Gasteiger partial charge in [0.25, 0.3) is 0 Å². The summed E-state index contributed by atoms with van der Waals surface area (Å²) in [5, 5.41) is 2.82. The van der Waals surface area contributed by atoms with Crippen LogP contribution in [0.15, 0.2) is 53.7 Å². The second kappa shape index (κ2) is 10.7. The zero-order valence-corrected chi connectivity index (χ0v) is 18.0. The molecule has 0 saturated heterocycles. The van der Waals surface area contributed by atoms with Crippen molar-refractivity contribution in [2.45, 2.75) is 30.6 Å².